The van der Waals surface area contributed by atoms with Crippen LogP contribution in [0.25, 0.3) is 0 Å². The monoisotopic (exact) mass is 582 g/mol. The molecule has 224 valence electrons. The molecule has 0 saturated heterocycles. The molecular formula is C36H38O7. The zero-order valence-electron chi connectivity index (χ0n) is 24.5. The molecule has 7 heteroatoms. The number of ether oxygens (including phenoxy) is 6. The van der Waals surface area contributed by atoms with Crippen LogP contribution in [0.3, 0.4) is 0 Å². The summed E-state index contributed by atoms with van der Waals surface area (Å²) in [5.74, 6) is 0.924. The van der Waals surface area contributed by atoms with Crippen molar-refractivity contribution in [3.05, 3.63) is 131 Å². The molecule has 0 radical (unpaired) electrons. The number of rotatable bonds is 15. The second-order valence-corrected chi connectivity index (χ2v) is 10.5. The lowest BCUT2D eigenvalue weighted by molar-refractivity contribution is -0.141. The van der Waals surface area contributed by atoms with Gasteiger partial charge in [-0.1, -0.05) is 84.9 Å². The van der Waals surface area contributed by atoms with E-state index in [2.05, 4.69) is 0 Å². The predicted molar refractivity (Wildman–Crippen MR) is 163 cm³/mol. The molecule has 0 amide bonds. The predicted octanol–water partition coefficient (Wildman–Crippen LogP) is 6.17. The quantitative estimate of drug-likeness (QED) is 0.155. The molecule has 0 heterocycles. The standard InChI is InChI=1S/C36H38O7/c1-38-30-17-13-28(14-18-30)24-41-34-32(21-37)33(40-22-26-9-5-3-6-10-26)35(42-23-27-11-7-4-8-12-27)36(34)43-25-29-15-19-31(39-2)20-16-29/h3-21,32-36H,22-25H2,1-2H3/t32-,33+,34+,35-,36-/m0/s1. The van der Waals surface area contributed by atoms with E-state index in [4.69, 9.17) is 28.4 Å². The van der Waals surface area contributed by atoms with Crippen LogP contribution in [0.15, 0.2) is 109 Å². The van der Waals surface area contributed by atoms with Gasteiger partial charge in [-0.25, -0.2) is 0 Å². The highest BCUT2D eigenvalue weighted by Gasteiger charge is 2.54. The molecule has 43 heavy (non-hydrogen) atoms. The minimum absolute atomic E-state index is 0.290. The van der Waals surface area contributed by atoms with Gasteiger partial charge in [0.2, 0.25) is 0 Å². The van der Waals surface area contributed by atoms with Crippen LogP contribution >= 0.6 is 0 Å². The normalized spacial score (nSPS) is 21.4. The highest BCUT2D eigenvalue weighted by molar-refractivity contribution is 5.57. The van der Waals surface area contributed by atoms with Crippen LogP contribution in [0.5, 0.6) is 11.5 Å². The van der Waals surface area contributed by atoms with Gasteiger partial charge in [-0.05, 0) is 46.5 Å². The number of benzene rings is 4. The highest BCUT2D eigenvalue weighted by atomic mass is 16.6. The molecule has 1 aliphatic carbocycles. The minimum Gasteiger partial charge on any atom is -0.497 e. The Bertz CT molecular complexity index is 1380. The van der Waals surface area contributed by atoms with Gasteiger partial charge < -0.3 is 33.2 Å². The summed E-state index contributed by atoms with van der Waals surface area (Å²) in [6.07, 6.45) is -1.38. The zero-order chi connectivity index (χ0) is 29.9. The molecule has 1 saturated carbocycles. The number of hydrogen-bond acceptors (Lipinski definition) is 7. The maximum atomic E-state index is 12.7. The van der Waals surface area contributed by atoms with E-state index >= 15 is 0 Å². The van der Waals surface area contributed by atoms with Crippen molar-refractivity contribution in [1.82, 2.24) is 0 Å². The maximum Gasteiger partial charge on any atom is 0.128 e. The van der Waals surface area contributed by atoms with Gasteiger partial charge in [0.05, 0.1) is 58.8 Å². The minimum atomic E-state index is -0.608. The summed E-state index contributed by atoms with van der Waals surface area (Å²) in [7, 11) is 3.27. The van der Waals surface area contributed by atoms with E-state index in [-0.39, 0.29) is 6.61 Å². The summed E-state index contributed by atoms with van der Waals surface area (Å²) < 4.78 is 36.7. The van der Waals surface area contributed by atoms with E-state index in [0.29, 0.717) is 19.8 Å². The van der Waals surface area contributed by atoms with E-state index in [0.717, 1.165) is 40.0 Å². The third kappa shape index (κ3) is 8.09. The summed E-state index contributed by atoms with van der Waals surface area (Å²) in [6.45, 7) is 1.27. The van der Waals surface area contributed by atoms with Gasteiger partial charge in [-0.2, -0.15) is 0 Å². The highest BCUT2D eigenvalue weighted by Crippen LogP contribution is 2.37. The fraction of sp³-hybridized carbons (Fsp3) is 0.306. The lowest BCUT2D eigenvalue weighted by Crippen LogP contribution is -2.39. The van der Waals surface area contributed by atoms with Crippen LogP contribution in [0.4, 0.5) is 0 Å². The van der Waals surface area contributed by atoms with E-state index in [1.54, 1.807) is 14.2 Å². The molecule has 0 aliphatic heterocycles. The van der Waals surface area contributed by atoms with Crippen molar-refractivity contribution in [3.63, 3.8) is 0 Å². The Morgan fingerprint density at radius 1 is 0.465 bits per heavy atom. The smallest absolute Gasteiger partial charge is 0.128 e. The number of carbonyl (C=O) groups is 1. The first kappa shape index (κ1) is 30.4. The fourth-order valence-corrected chi connectivity index (χ4v) is 5.31. The summed E-state index contributed by atoms with van der Waals surface area (Å²) in [5, 5.41) is 0. The van der Waals surface area contributed by atoms with Gasteiger partial charge in [0.15, 0.2) is 0 Å². The van der Waals surface area contributed by atoms with E-state index in [9.17, 15) is 4.79 Å². The zero-order valence-corrected chi connectivity index (χ0v) is 24.5. The fourth-order valence-electron chi connectivity index (χ4n) is 5.31. The van der Waals surface area contributed by atoms with Crippen LogP contribution < -0.4 is 9.47 Å². The molecule has 4 aromatic rings. The van der Waals surface area contributed by atoms with Crippen molar-refractivity contribution in [2.75, 3.05) is 14.2 Å². The Hall–Kier alpha value is -4.01. The largest absolute Gasteiger partial charge is 0.497 e. The Morgan fingerprint density at radius 3 is 1.12 bits per heavy atom. The second-order valence-electron chi connectivity index (χ2n) is 10.5. The van der Waals surface area contributed by atoms with Crippen LogP contribution in [-0.2, 0) is 50.2 Å². The molecule has 0 aromatic heterocycles. The van der Waals surface area contributed by atoms with Crippen molar-refractivity contribution in [2.45, 2.75) is 50.8 Å². The number of carbonyl (C=O) groups excluding carboxylic acids is 1. The van der Waals surface area contributed by atoms with Crippen LogP contribution in [0.2, 0.25) is 0 Å². The molecule has 4 aromatic carbocycles. The van der Waals surface area contributed by atoms with Gasteiger partial charge >= 0.3 is 0 Å². The van der Waals surface area contributed by atoms with Crippen molar-refractivity contribution < 1.29 is 33.2 Å². The first-order valence-corrected chi connectivity index (χ1v) is 14.4. The summed E-state index contributed by atoms with van der Waals surface area (Å²) in [4.78, 5) is 12.7. The molecule has 7 nitrogen and oxygen atoms in total. The van der Waals surface area contributed by atoms with E-state index in [1.807, 2.05) is 109 Å². The first-order valence-electron chi connectivity index (χ1n) is 14.4. The molecule has 0 bridgehead atoms. The van der Waals surface area contributed by atoms with Gasteiger partial charge in [0, 0.05) is 0 Å². The Morgan fingerprint density at radius 2 is 0.791 bits per heavy atom. The van der Waals surface area contributed by atoms with Crippen LogP contribution in [0, 0.1) is 5.92 Å². The van der Waals surface area contributed by atoms with Gasteiger partial charge in [0.25, 0.3) is 0 Å². The van der Waals surface area contributed by atoms with E-state index < -0.39 is 30.3 Å². The Balaban J connectivity index is 1.41. The molecule has 5 rings (SSSR count). The number of methoxy groups -OCH3 is 2. The SMILES string of the molecule is COc1ccc(CO[C@@H]2[C@@H](OCc3ccccc3)[C@H](OCc3ccccc3)[C@H](C=O)[C@H]2OCc2ccc(OC)cc2)cc1. The third-order valence-electron chi connectivity index (χ3n) is 7.66. The van der Waals surface area contributed by atoms with Crippen molar-refractivity contribution >= 4 is 6.29 Å². The Labute approximate surface area is 253 Å². The third-order valence-corrected chi connectivity index (χ3v) is 7.66. The van der Waals surface area contributed by atoms with Gasteiger partial charge in [-0.3, -0.25) is 0 Å². The van der Waals surface area contributed by atoms with Crippen molar-refractivity contribution in [3.8, 4) is 11.5 Å². The summed E-state index contributed by atoms with van der Waals surface area (Å²) in [5.41, 5.74) is 3.94. The second kappa shape index (κ2) is 15.5. The number of aldehydes is 1. The van der Waals surface area contributed by atoms with Gasteiger partial charge in [-0.15, -0.1) is 0 Å². The molecule has 5 atom stereocenters. The molecule has 1 fully saturated rings. The topological polar surface area (TPSA) is 72.5 Å². The lowest BCUT2D eigenvalue weighted by Gasteiger charge is -2.27. The summed E-state index contributed by atoms with van der Waals surface area (Å²) >= 11 is 0. The average Bonchev–Trinajstić information content (AvgIpc) is 3.36. The molecular weight excluding hydrogens is 544 g/mol. The first-order chi connectivity index (χ1) is 21.2. The molecule has 0 N–H and O–H groups in total. The molecule has 1 aliphatic rings. The molecule has 0 unspecified atom stereocenters. The van der Waals surface area contributed by atoms with Crippen molar-refractivity contribution in [1.29, 1.82) is 0 Å². The Kier molecular flexibility index (Phi) is 10.9. The van der Waals surface area contributed by atoms with E-state index in [1.165, 1.54) is 0 Å². The van der Waals surface area contributed by atoms with Gasteiger partial charge in [0.1, 0.15) is 30.0 Å². The summed E-state index contributed by atoms with van der Waals surface area (Å²) in [6, 6.07) is 35.2. The van der Waals surface area contributed by atoms with Crippen molar-refractivity contribution in [2.24, 2.45) is 5.92 Å². The van der Waals surface area contributed by atoms with Crippen LogP contribution in [0.1, 0.15) is 22.3 Å². The molecule has 0 spiro atoms. The lowest BCUT2D eigenvalue weighted by atomic mass is 10.0. The number of hydrogen-bond donors (Lipinski definition) is 0. The maximum absolute atomic E-state index is 12.7. The van der Waals surface area contributed by atoms with Crippen LogP contribution in [-0.4, -0.2) is 44.9 Å². The average molecular weight is 583 g/mol.